The van der Waals surface area contributed by atoms with Crippen LogP contribution in [0.15, 0.2) is 18.2 Å². The van der Waals surface area contributed by atoms with Crippen LogP contribution in [0.3, 0.4) is 0 Å². The van der Waals surface area contributed by atoms with Gasteiger partial charge in [0, 0.05) is 27.9 Å². The molecule has 0 aliphatic carbocycles. The number of benzene rings is 1. The molecule has 2 rings (SSSR count). The van der Waals surface area contributed by atoms with Crippen molar-refractivity contribution in [3.63, 3.8) is 0 Å². The molecular formula is C11H14ClN5OS. The summed E-state index contributed by atoms with van der Waals surface area (Å²) in [5.74, 6) is 1.75. The molecule has 1 atom stereocenters. The molecule has 0 radical (unpaired) electrons. The Labute approximate surface area is 118 Å². The average molecular weight is 300 g/mol. The van der Waals surface area contributed by atoms with Crippen LogP contribution in [0.25, 0.3) is 11.4 Å². The minimum absolute atomic E-state index is 0.462. The smallest absolute Gasteiger partial charge is 0.182 e. The van der Waals surface area contributed by atoms with Crippen LogP contribution in [-0.4, -0.2) is 35.9 Å². The minimum Gasteiger partial charge on any atom is -0.398 e. The first-order chi connectivity index (χ1) is 9.11. The zero-order valence-corrected chi connectivity index (χ0v) is 12.0. The Bertz CT molecular complexity index is 601. The van der Waals surface area contributed by atoms with Crippen LogP contribution in [0.2, 0.25) is 5.02 Å². The Morgan fingerprint density at radius 3 is 2.95 bits per heavy atom. The summed E-state index contributed by atoms with van der Waals surface area (Å²) in [4.78, 5) is 0. The van der Waals surface area contributed by atoms with Gasteiger partial charge in [-0.15, -0.1) is 5.10 Å². The van der Waals surface area contributed by atoms with E-state index < -0.39 is 10.8 Å². The molecule has 1 aromatic heterocycles. The van der Waals surface area contributed by atoms with Gasteiger partial charge in [0.05, 0.1) is 17.3 Å². The van der Waals surface area contributed by atoms with Gasteiger partial charge in [-0.25, -0.2) is 4.68 Å². The molecule has 19 heavy (non-hydrogen) atoms. The third-order valence-corrected chi connectivity index (χ3v) is 4.25. The summed E-state index contributed by atoms with van der Waals surface area (Å²) in [7, 11) is -0.847. The quantitative estimate of drug-likeness (QED) is 0.842. The number of anilines is 1. The lowest BCUT2D eigenvalue weighted by atomic mass is 10.2. The first-order valence-electron chi connectivity index (χ1n) is 5.78. The number of aromatic nitrogens is 4. The van der Waals surface area contributed by atoms with E-state index in [0.717, 1.165) is 5.56 Å². The van der Waals surface area contributed by atoms with Crippen molar-refractivity contribution in [3.8, 4) is 11.4 Å². The van der Waals surface area contributed by atoms with Crippen molar-refractivity contribution in [2.75, 3.05) is 17.2 Å². The third kappa shape index (κ3) is 3.30. The summed E-state index contributed by atoms with van der Waals surface area (Å²) in [5, 5.41) is 12.0. The maximum Gasteiger partial charge on any atom is 0.182 e. The summed E-state index contributed by atoms with van der Waals surface area (Å²) >= 11 is 5.98. The van der Waals surface area contributed by atoms with Gasteiger partial charge in [0.2, 0.25) is 0 Å². The Morgan fingerprint density at radius 1 is 1.47 bits per heavy atom. The van der Waals surface area contributed by atoms with Gasteiger partial charge in [0.25, 0.3) is 0 Å². The predicted octanol–water partition coefficient (Wildman–Crippen LogP) is 1.34. The van der Waals surface area contributed by atoms with Crippen LogP contribution in [-0.2, 0) is 17.3 Å². The summed E-state index contributed by atoms with van der Waals surface area (Å²) < 4.78 is 13.1. The third-order valence-electron chi connectivity index (χ3n) is 2.64. The van der Waals surface area contributed by atoms with E-state index in [1.807, 2.05) is 6.92 Å². The van der Waals surface area contributed by atoms with Gasteiger partial charge in [-0.1, -0.05) is 18.5 Å². The fraction of sp³-hybridized carbons (Fsp3) is 0.364. The Hall–Kier alpha value is -1.47. The monoisotopic (exact) mass is 299 g/mol. The van der Waals surface area contributed by atoms with Crippen LogP contribution in [0, 0.1) is 0 Å². The average Bonchev–Trinajstić information content (AvgIpc) is 2.87. The largest absolute Gasteiger partial charge is 0.398 e. The van der Waals surface area contributed by atoms with E-state index in [1.54, 1.807) is 22.9 Å². The van der Waals surface area contributed by atoms with Crippen LogP contribution >= 0.6 is 11.6 Å². The normalized spacial score (nSPS) is 12.5. The summed E-state index contributed by atoms with van der Waals surface area (Å²) in [5.41, 5.74) is 6.96. The number of hydrogen-bond acceptors (Lipinski definition) is 5. The van der Waals surface area contributed by atoms with Crippen molar-refractivity contribution in [2.24, 2.45) is 0 Å². The summed E-state index contributed by atoms with van der Waals surface area (Å²) in [6.07, 6.45) is 0. The zero-order valence-electron chi connectivity index (χ0n) is 10.4. The van der Waals surface area contributed by atoms with Crippen molar-refractivity contribution < 1.29 is 4.21 Å². The number of halogens is 1. The van der Waals surface area contributed by atoms with E-state index in [4.69, 9.17) is 17.3 Å². The lowest BCUT2D eigenvalue weighted by Crippen LogP contribution is -2.11. The highest BCUT2D eigenvalue weighted by Crippen LogP contribution is 2.25. The maximum absolute atomic E-state index is 11.4. The van der Waals surface area contributed by atoms with Gasteiger partial charge in [-0.2, -0.15) is 0 Å². The van der Waals surface area contributed by atoms with Gasteiger partial charge >= 0.3 is 0 Å². The van der Waals surface area contributed by atoms with Crippen molar-refractivity contribution >= 4 is 28.1 Å². The molecule has 8 heteroatoms. The first-order valence-corrected chi connectivity index (χ1v) is 7.65. The highest BCUT2D eigenvalue weighted by atomic mass is 35.5. The number of tetrazole rings is 1. The van der Waals surface area contributed by atoms with Gasteiger partial charge in [0.15, 0.2) is 5.82 Å². The van der Waals surface area contributed by atoms with Gasteiger partial charge in [0.1, 0.15) is 0 Å². The SMILES string of the molecule is CCS(=O)CCn1nnnc1-c1ccc(N)c(Cl)c1. The van der Waals surface area contributed by atoms with E-state index in [0.29, 0.717) is 34.6 Å². The molecule has 1 heterocycles. The van der Waals surface area contributed by atoms with E-state index in [9.17, 15) is 4.21 Å². The molecule has 102 valence electrons. The molecule has 0 saturated carbocycles. The van der Waals surface area contributed by atoms with Crippen molar-refractivity contribution in [1.29, 1.82) is 0 Å². The predicted molar refractivity (Wildman–Crippen MR) is 76.2 cm³/mol. The topological polar surface area (TPSA) is 86.7 Å². The van der Waals surface area contributed by atoms with Crippen molar-refractivity contribution in [2.45, 2.75) is 13.5 Å². The number of aryl methyl sites for hydroxylation is 1. The van der Waals surface area contributed by atoms with Crippen molar-refractivity contribution in [1.82, 2.24) is 20.2 Å². The molecule has 0 aliphatic heterocycles. The second-order valence-corrected chi connectivity index (χ2v) is 6.17. The van der Waals surface area contributed by atoms with Gasteiger partial charge in [-0.05, 0) is 28.6 Å². The Kier molecular flexibility index (Phi) is 4.49. The standard InChI is InChI=1S/C11H14ClN5OS/c1-2-19(18)6-5-17-11(14-15-16-17)8-3-4-10(13)9(12)7-8/h3-4,7H,2,5-6,13H2,1H3. The first kappa shape index (κ1) is 14.0. The highest BCUT2D eigenvalue weighted by Gasteiger charge is 2.11. The molecule has 0 spiro atoms. The number of nitrogen functional groups attached to an aromatic ring is 1. The molecule has 0 bridgehead atoms. The lowest BCUT2D eigenvalue weighted by molar-refractivity contribution is 0.624. The molecule has 2 N–H and O–H groups in total. The zero-order chi connectivity index (χ0) is 13.8. The molecule has 1 unspecified atom stereocenters. The van der Waals surface area contributed by atoms with Gasteiger partial charge in [-0.3, -0.25) is 4.21 Å². The molecular weight excluding hydrogens is 286 g/mol. The maximum atomic E-state index is 11.4. The van der Waals surface area contributed by atoms with Crippen molar-refractivity contribution in [3.05, 3.63) is 23.2 Å². The second kappa shape index (κ2) is 6.12. The number of nitrogens with two attached hydrogens (primary N) is 1. The molecule has 2 aromatic rings. The second-order valence-electron chi connectivity index (χ2n) is 3.89. The molecule has 0 aliphatic rings. The van der Waals surface area contributed by atoms with Gasteiger partial charge < -0.3 is 5.73 Å². The fourth-order valence-electron chi connectivity index (χ4n) is 1.56. The molecule has 0 saturated heterocycles. The number of hydrogen-bond donors (Lipinski definition) is 1. The van der Waals surface area contributed by atoms with Crippen LogP contribution in [0.5, 0.6) is 0 Å². The minimum atomic E-state index is -0.847. The molecule has 0 amide bonds. The molecule has 0 fully saturated rings. The lowest BCUT2D eigenvalue weighted by Gasteiger charge is -2.05. The number of rotatable bonds is 5. The summed E-state index contributed by atoms with van der Waals surface area (Å²) in [6, 6.07) is 5.23. The van der Waals surface area contributed by atoms with Crippen LogP contribution in [0.4, 0.5) is 5.69 Å². The Balaban J connectivity index is 2.23. The number of nitrogens with zero attached hydrogens (tertiary/aromatic N) is 4. The van der Waals surface area contributed by atoms with Crippen LogP contribution < -0.4 is 5.73 Å². The van der Waals surface area contributed by atoms with Crippen LogP contribution in [0.1, 0.15) is 6.92 Å². The molecule has 1 aromatic carbocycles. The Morgan fingerprint density at radius 2 is 2.26 bits per heavy atom. The fourth-order valence-corrected chi connectivity index (χ4v) is 2.41. The van der Waals surface area contributed by atoms with E-state index in [1.165, 1.54) is 0 Å². The van der Waals surface area contributed by atoms with E-state index >= 15 is 0 Å². The van der Waals surface area contributed by atoms with E-state index in [-0.39, 0.29) is 0 Å². The highest BCUT2D eigenvalue weighted by molar-refractivity contribution is 7.84. The molecule has 6 nitrogen and oxygen atoms in total. The van der Waals surface area contributed by atoms with E-state index in [2.05, 4.69) is 15.5 Å². The summed E-state index contributed by atoms with van der Waals surface area (Å²) in [6.45, 7) is 2.39.